The standard InChI is InChI=1S/C23H25N5S3/c1-23(2,3)19-14(10-13-8-6-5-7-9-13)18(27-28-19)16-12-30-21(26-16)15-11-17(20(24)25)31-22(15)29-4/h5-9,11-12H,10H2,1-4H3,(H3,24,25)(H,27,28). The Kier molecular flexibility index (Phi) is 6.05. The first kappa shape index (κ1) is 21.8. The van der Waals surface area contributed by atoms with Crippen molar-refractivity contribution in [3.63, 3.8) is 0 Å². The maximum Gasteiger partial charge on any atom is 0.133 e. The van der Waals surface area contributed by atoms with E-state index >= 15 is 0 Å². The van der Waals surface area contributed by atoms with E-state index in [0.29, 0.717) is 0 Å². The Bertz CT molecular complexity index is 1210. The molecule has 0 fully saturated rings. The van der Waals surface area contributed by atoms with Crippen molar-refractivity contribution in [2.45, 2.75) is 36.8 Å². The first-order chi connectivity index (χ1) is 14.8. The number of nitrogens with zero attached hydrogens (tertiary/aromatic N) is 2. The van der Waals surface area contributed by atoms with Crippen molar-refractivity contribution in [2.75, 3.05) is 6.26 Å². The molecule has 0 radical (unpaired) electrons. The first-order valence-electron chi connectivity index (χ1n) is 9.88. The molecule has 0 saturated heterocycles. The summed E-state index contributed by atoms with van der Waals surface area (Å²) in [4.78, 5) is 5.72. The first-order valence-corrected chi connectivity index (χ1v) is 12.8. The highest BCUT2D eigenvalue weighted by molar-refractivity contribution is 8.00. The Hall–Kier alpha value is -2.42. The van der Waals surface area contributed by atoms with Crippen molar-refractivity contribution in [1.82, 2.24) is 15.2 Å². The largest absolute Gasteiger partial charge is 0.383 e. The summed E-state index contributed by atoms with van der Waals surface area (Å²) < 4.78 is 1.12. The summed E-state index contributed by atoms with van der Waals surface area (Å²) in [5.41, 5.74) is 12.1. The van der Waals surface area contributed by atoms with Crippen molar-refractivity contribution >= 4 is 40.3 Å². The fourth-order valence-electron chi connectivity index (χ4n) is 3.48. The summed E-state index contributed by atoms with van der Waals surface area (Å²) in [7, 11) is 0. The molecule has 4 rings (SSSR count). The smallest absolute Gasteiger partial charge is 0.133 e. The van der Waals surface area contributed by atoms with Crippen LogP contribution in [0.2, 0.25) is 0 Å². The Morgan fingerprint density at radius 3 is 2.61 bits per heavy atom. The number of aromatic nitrogens is 3. The van der Waals surface area contributed by atoms with Crippen LogP contribution in [0, 0.1) is 5.41 Å². The highest BCUT2D eigenvalue weighted by Crippen LogP contribution is 2.41. The lowest BCUT2D eigenvalue weighted by atomic mass is 9.86. The van der Waals surface area contributed by atoms with Crippen LogP contribution in [-0.4, -0.2) is 27.3 Å². The molecule has 31 heavy (non-hydrogen) atoms. The van der Waals surface area contributed by atoms with Crippen LogP contribution in [0.15, 0.2) is 46.0 Å². The Labute approximate surface area is 194 Å². The van der Waals surface area contributed by atoms with E-state index in [-0.39, 0.29) is 11.3 Å². The molecule has 0 atom stereocenters. The van der Waals surface area contributed by atoms with Gasteiger partial charge >= 0.3 is 0 Å². The average molecular weight is 468 g/mol. The fourth-order valence-corrected chi connectivity index (χ4v) is 6.17. The zero-order chi connectivity index (χ0) is 22.2. The molecule has 0 aliphatic heterocycles. The molecular weight excluding hydrogens is 442 g/mol. The number of H-pyrrole nitrogens is 1. The lowest BCUT2D eigenvalue weighted by molar-refractivity contribution is 0.561. The molecule has 0 bridgehead atoms. The van der Waals surface area contributed by atoms with E-state index in [1.165, 1.54) is 22.5 Å². The van der Waals surface area contributed by atoms with E-state index in [1.54, 1.807) is 23.1 Å². The third kappa shape index (κ3) is 4.46. The lowest BCUT2D eigenvalue weighted by Crippen LogP contribution is -2.14. The van der Waals surface area contributed by atoms with Crippen LogP contribution < -0.4 is 5.73 Å². The topological polar surface area (TPSA) is 91.4 Å². The summed E-state index contributed by atoms with van der Waals surface area (Å²) >= 11 is 4.80. The normalized spacial score (nSPS) is 11.7. The van der Waals surface area contributed by atoms with Gasteiger partial charge in [-0.2, -0.15) is 5.10 Å². The van der Waals surface area contributed by atoms with E-state index in [9.17, 15) is 0 Å². The predicted molar refractivity (Wildman–Crippen MR) is 134 cm³/mol. The Morgan fingerprint density at radius 1 is 1.23 bits per heavy atom. The monoisotopic (exact) mass is 467 g/mol. The second kappa shape index (κ2) is 8.61. The van der Waals surface area contributed by atoms with Crippen molar-refractivity contribution < 1.29 is 0 Å². The number of thiazole rings is 1. The predicted octanol–water partition coefficient (Wildman–Crippen LogP) is 6.16. The van der Waals surface area contributed by atoms with Crippen molar-refractivity contribution in [3.05, 3.63) is 63.5 Å². The molecule has 3 aromatic heterocycles. The number of nitrogen functional groups attached to an aromatic ring is 1. The van der Waals surface area contributed by atoms with Crippen LogP contribution in [0.3, 0.4) is 0 Å². The van der Waals surface area contributed by atoms with Crippen molar-refractivity contribution in [1.29, 1.82) is 5.41 Å². The summed E-state index contributed by atoms with van der Waals surface area (Å²) in [6.07, 6.45) is 2.84. The van der Waals surface area contributed by atoms with Crippen LogP contribution in [0.5, 0.6) is 0 Å². The van der Waals surface area contributed by atoms with Gasteiger partial charge in [0, 0.05) is 34.0 Å². The third-order valence-corrected chi connectivity index (χ3v) is 8.15. The van der Waals surface area contributed by atoms with Crippen LogP contribution in [0.1, 0.15) is 42.5 Å². The number of amidine groups is 1. The van der Waals surface area contributed by atoms with Crippen molar-refractivity contribution in [2.24, 2.45) is 5.73 Å². The third-order valence-electron chi connectivity index (χ3n) is 4.97. The van der Waals surface area contributed by atoms with Gasteiger partial charge in [-0.15, -0.1) is 34.4 Å². The number of rotatable bonds is 6. The molecule has 0 amide bonds. The highest BCUT2D eigenvalue weighted by Gasteiger charge is 2.26. The second-order valence-corrected chi connectivity index (χ2v) is 11.3. The molecule has 0 spiro atoms. The zero-order valence-corrected chi connectivity index (χ0v) is 20.4. The van der Waals surface area contributed by atoms with Gasteiger partial charge in [-0.1, -0.05) is 51.1 Å². The van der Waals surface area contributed by atoms with Gasteiger partial charge in [0.25, 0.3) is 0 Å². The SMILES string of the molecule is CSc1sc(C(=N)N)cc1-c1nc(-c2n[nH]c(C(C)(C)C)c2Cc2ccccc2)cs1. The molecule has 0 aliphatic rings. The fraction of sp³-hybridized carbons (Fsp3) is 0.261. The number of benzene rings is 1. The molecule has 1 aromatic carbocycles. The Morgan fingerprint density at radius 2 is 1.97 bits per heavy atom. The number of nitrogens with two attached hydrogens (primary N) is 1. The van der Waals surface area contributed by atoms with Gasteiger partial charge in [-0.05, 0) is 17.9 Å². The average Bonchev–Trinajstić information content (AvgIpc) is 3.45. The minimum Gasteiger partial charge on any atom is -0.383 e. The maximum absolute atomic E-state index is 7.77. The van der Waals surface area contributed by atoms with E-state index in [1.807, 2.05) is 18.4 Å². The van der Waals surface area contributed by atoms with Gasteiger partial charge in [-0.25, -0.2) is 4.98 Å². The number of thiophene rings is 1. The molecule has 5 nitrogen and oxygen atoms in total. The van der Waals surface area contributed by atoms with Gasteiger partial charge in [-0.3, -0.25) is 10.5 Å². The van der Waals surface area contributed by atoms with Gasteiger partial charge in [0.05, 0.1) is 9.09 Å². The van der Waals surface area contributed by atoms with Crippen LogP contribution >= 0.6 is 34.4 Å². The molecule has 0 saturated carbocycles. The molecule has 4 aromatic rings. The number of hydrogen-bond donors (Lipinski definition) is 3. The van der Waals surface area contributed by atoms with Gasteiger partial charge in [0.15, 0.2) is 0 Å². The number of hydrogen-bond acceptors (Lipinski definition) is 6. The van der Waals surface area contributed by atoms with Gasteiger partial charge in [0.2, 0.25) is 0 Å². The van der Waals surface area contributed by atoms with Crippen LogP contribution in [-0.2, 0) is 11.8 Å². The zero-order valence-electron chi connectivity index (χ0n) is 17.9. The molecule has 0 aliphatic carbocycles. The number of thioether (sulfide) groups is 1. The highest BCUT2D eigenvalue weighted by atomic mass is 32.2. The maximum atomic E-state index is 7.77. The molecule has 4 N–H and O–H groups in total. The second-order valence-electron chi connectivity index (χ2n) is 8.31. The minimum absolute atomic E-state index is 0.0516. The van der Waals surface area contributed by atoms with E-state index < -0.39 is 0 Å². The quantitative estimate of drug-likeness (QED) is 0.180. The summed E-state index contributed by atoms with van der Waals surface area (Å²) in [5.74, 6) is 0.0931. The summed E-state index contributed by atoms with van der Waals surface area (Å²) in [6, 6.07) is 12.4. The van der Waals surface area contributed by atoms with E-state index in [4.69, 9.17) is 21.2 Å². The van der Waals surface area contributed by atoms with Gasteiger partial charge in [0.1, 0.15) is 22.2 Å². The lowest BCUT2D eigenvalue weighted by Gasteiger charge is -2.19. The number of aromatic amines is 1. The minimum atomic E-state index is -0.0516. The molecular formula is C23H25N5S3. The Balaban J connectivity index is 1.77. The molecule has 8 heteroatoms. The van der Waals surface area contributed by atoms with Crippen molar-refractivity contribution in [3.8, 4) is 22.0 Å². The summed E-state index contributed by atoms with van der Waals surface area (Å²) in [5, 5.41) is 18.7. The summed E-state index contributed by atoms with van der Waals surface area (Å²) in [6.45, 7) is 6.60. The van der Waals surface area contributed by atoms with Crippen LogP contribution in [0.25, 0.3) is 22.0 Å². The van der Waals surface area contributed by atoms with E-state index in [0.717, 1.165) is 43.2 Å². The number of nitrogens with one attached hydrogen (secondary N) is 2. The van der Waals surface area contributed by atoms with Gasteiger partial charge < -0.3 is 5.73 Å². The molecule has 160 valence electrons. The molecule has 3 heterocycles. The van der Waals surface area contributed by atoms with E-state index in [2.05, 4.69) is 55.5 Å². The molecule has 0 unspecified atom stereocenters. The van der Waals surface area contributed by atoms with Crippen LogP contribution in [0.4, 0.5) is 0 Å².